The summed E-state index contributed by atoms with van der Waals surface area (Å²) in [6, 6.07) is 22.3. The number of allylic oxidation sites excluding steroid dienone is 2. The van der Waals surface area contributed by atoms with Crippen LogP contribution in [0.2, 0.25) is 0 Å². The van der Waals surface area contributed by atoms with Crippen LogP contribution in [-0.4, -0.2) is 36.6 Å². The van der Waals surface area contributed by atoms with Crippen LogP contribution in [0.5, 0.6) is 0 Å². The van der Waals surface area contributed by atoms with Crippen molar-refractivity contribution in [1.29, 1.82) is 0 Å². The van der Waals surface area contributed by atoms with Gasteiger partial charge < -0.3 is 19.5 Å². The number of amides is 1. The van der Waals surface area contributed by atoms with Crippen LogP contribution < -0.4 is 10.2 Å². The van der Waals surface area contributed by atoms with Gasteiger partial charge in [0, 0.05) is 42.1 Å². The predicted molar refractivity (Wildman–Crippen MR) is 160 cm³/mol. The number of fused-ring (bicyclic) bond motifs is 1. The Hall–Kier alpha value is -5.45. The summed E-state index contributed by atoms with van der Waals surface area (Å²) in [6.45, 7) is 3.70. The van der Waals surface area contributed by atoms with Gasteiger partial charge in [-0.05, 0) is 31.0 Å². The Morgan fingerprint density at radius 2 is 1.61 bits per heavy atom. The zero-order chi connectivity index (χ0) is 31.4. The van der Waals surface area contributed by atoms with E-state index in [1.54, 1.807) is 44.2 Å². The molecule has 2 heterocycles. The van der Waals surface area contributed by atoms with E-state index in [0.29, 0.717) is 34.6 Å². The second-order valence-corrected chi connectivity index (χ2v) is 10.4. The van der Waals surface area contributed by atoms with Gasteiger partial charge in [0.05, 0.1) is 34.8 Å². The van der Waals surface area contributed by atoms with Crippen LogP contribution in [-0.2, 0) is 30.4 Å². The number of rotatable bonds is 7. The normalized spacial score (nSPS) is 17.8. The van der Waals surface area contributed by atoms with Gasteiger partial charge in [-0.3, -0.25) is 15.0 Å². The van der Waals surface area contributed by atoms with E-state index in [0.717, 1.165) is 5.56 Å². The molecule has 0 bridgehead atoms. The number of non-ortho nitro benzene ring substituents is 1. The van der Waals surface area contributed by atoms with Gasteiger partial charge in [-0.15, -0.1) is 0 Å². The third-order valence-electron chi connectivity index (χ3n) is 7.66. The lowest BCUT2D eigenvalue weighted by Crippen LogP contribution is -2.38. The molecule has 1 amide bonds. The highest BCUT2D eigenvalue weighted by Gasteiger charge is 2.40. The number of carbonyl (C=O) groups excluding carboxylic acids is 3. The second-order valence-electron chi connectivity index (χ2n) is 10.4. The Morgan fingerprint density at radius 3 is 2.32 bits per heavy atom. The molecule has 0 fully saturated rings. The van der Waals surface area contributed by atoms with Crippen LogP contribution in [0.4, 0.5) is 16.2 Å². The number of nitro benzene ring substituents is 1. The number of anilines is 1. The first kappa shape index (κ1) is 30.0. The van der Waals surface area contributed by atoms with E-state index in [4.69, 9.17) is 14.2 Å². The van der Waals surface area contributed by atoms with Crippen molar-refractivity contribution in [3.8, 4) is 0 Å². The molecule has 2 aliphatic heterocycles. The van der Waals surface area contributed by atoms with E-state index in [2.05, 4.69) is 5.32 Å². The standard InChI is InChI=1S/C33H31N3O8/c1-20-28(31(37)42-3)30(23-12-9-13-24(18-23)36(40)41)29(21(2)34-20)32(38)44-27-16-17-35(26-15-8-7-14-25(26)27)33(39)43-19-22-10-5-4-6-11-22/h4-15,18,27,30,34H,16-17,19H2,1-3H3. The molecule has 0 saturated carbocycles. The SMILES string of the molecule is COC(=O)C1=C(C)NC(C)=C(C(=O)OC2CCN(C(=O)OCc3ccccc3)c3ccccc32)C1c1cccc([N+](=O)[O-])c1. The number of methoxy groups -OCH3 is 1. The molecule has 1 N–H and O–H groups in total. The largest absolute Gasteiger partial charge is 0.466 e. The zero-order valence-electron chi connectivity index (χ0n) is 24.4. The predicted octanol–water partition coefficient (Wildman–Crippen LogP) is 5.83. The Kier molecular flexibility index (Phi) is 8.75. The fourth-order valence-corrected chi connectivity index (χ4v) is 5.63. The second kappa shape index (κ2) is 12.8. The third kappa shape index (κ3) is 6.03. The highest BCUT2D eigenvalue weighted by Crippen LogP contribution is 2.42. The first-order chi connectivity index (χ1) is 21.2. The van der Waals surface area contributed by atoms with E-state index < -0.39 is 35.0 Å². The summed E-state index contributed by atoms with van der Waals surface area (Å²) in [4.78, 5) is 52.6. The minimum Gasteiger partial charge on any atom is -0.466 e. The number of ether oxygens (including phenoxy) is 3. The molecule has 5 rings (SSSR count). The highest BCUT2D eigenvalue weighted by atomic mass is 16.6. The van der Waals surface area contributed by atoms with Gasteiger partial charge >= 0.3 is 18.0 Å². The molecule has 11 nitrogen and oxygen atoms in total. The summed E-state index contributed by atoms with van der Waals surface area (Å²) in [6.07, 6.45) is -0.935. The average Bonchev–Trinajstić information content (AvgIpc) is 3.03. The molecule has 11 heteroatoms. The minimum absolute atomic E-state index is 0.117. The van der Waals surface area contributed by atoms with Gasteiger partial charge in [0.25, 0.3) is 5.69 Å². The molecule has 3 aromatic rings. The third-order valence-corrected chi connectivity index (χ3v) is 7.66. The first-order valence-electron chi connectivity index (χ1n) is 14.0. The summed E-state index contributed by atoms with van der Waals surface area (Å²) < 4.78 is 16.7. The maximum absolute atomic E-state index is 14.0. The van der Waals surface area contributed by atoms with Crippen molar-refractivity contribution in [2.24, 2.45) is 0 Å². The Balaban J connectivity index is 1.43. The number of hydrogen-bond donors (Lipinski definition) is 1. The summed E-state index contributed by atoms with van der Waals surface area (Å²) in [5.41, 5.74) is 3.37. The number of dihydropyridines is 1. The summed E-state index contributed by atoms with van der Waals surface area (Å²) in [5.74, 6) is -2.38. The molecular formula is C33H31N3O8. The van der Waals surface area contributed by atoms with Gasteiger partial charge in [-0.2, -0.15) is 0 Å². The number of esters is 2. The monoisotopic (exact) mass is 597 g/mol. The van der Waals surface area contributed by atoms with Crippen molar-refractivity contribution in [2.45, 2.75) is 38.9 Å². The molecule has 0 aliphatic carbocycles. The fourth-order valence-electron chi connectivity index (χ4n) is 5.63. The van der Waals surface area contributed by atoms with Crippen molar-refractivity contribution < 1.29 is 33.5 Å². The number of carbonyl (C=O) groups is 3. The molecular weight excluding hydrogens is 566 g/mol. The summed E-state index contributed by atoms with van der Waals surface area (Å²) >= 11 is 0. The Labute approximate surface area is 253 Å². The van der Waals surface area contributed by atoms with Crippen LogP contribution in [0.25, 0.3) is 0 Å². The topological polar surface area (TPSA) is 137 Å². The van der Waals surface area contributed by atoms with Crippen molar-refractivity contribution in [3.63, 3.8) is 0 Å². The van der Waals surface area contributed by atoms with Crippen molar-refractivity contribution in [3.05, 3.63) is 128 Å². The molecule has 0 spiro atoms. The molecule has 2 unspecified atom stereocenters. The molecule has 0 aromatic heterocycles. The van der Waals surface area contributed by atoms with Gasteiger partial charge in [-0.1, -0.05) is 60.7 Å². The van der Waals surface area contributed by atoms with E-state index in [1.807, 2.05) is 30.3 Å². The number of nitrogens with one attached hydrogen (secondary N) is 1. The molecule has 0 radical (unpaired) electrons. The molecule has 2 aliphatic rings. The van der Waals surface area contributed by atoms with Crippen LogP contribution in [0.1, 0.15) is 49.0 Å². The number of hydrogen-bond acceptors (Lipinski definition) is 9. The smallest absolute Gasteiger partial charge is 0.414 e. The van der Waals surface area contributed by atoms with Crippen LogP contribution in [0, 0.1) is 10.1 Å². The number of nitro groups is 1. The van der Waals surface area contributed by atoms with E-state index in [9.17, 15) is 24.5 Å². The van der Waals surface area contributed by atoms with Crippen molar-refractivity contribution >= 4 is 29.4 Å². The van der Waals surface area contributed by atoms with E-state index >= 15 is 0 Å². The van der Waals surface area contributed by atoms with Gasteiger partial charge in [0.1, 0.15) is 12.7 Å². The lowest BCUT2D eigenvalue weighted by molar-refractivity contribution is -0.384. The molecule has 226 valence electrons. The highest BCUT2D eigenvalue weighted by molar-refractivity contribution is 6.00. The minimum atomic E-state index is -0.987. The van der Waals surface area contributed by atoms with E-state index in [1.165, 1.54) is 30.2 Å². The van der Waals surface area contributed by atoms with Gasteiger partial charge in [0.15, 0.2) is 0 Å². The summed E-state index contributed by atoms with van der Waals surface area (Å²) in [7, 11) is 1.23. The first-order valence-corrected chi connectivity index (χ1v) is 14.0. The lowest BCUT2D eigenvalue weighted by atomic mass is 9.80. The van der Waals surface area contributed by atoms with Crippen LogP contribution >= 0.6 is 0 Å². The summed E-state index contributed by atoms with van der Waals surface area (Å²) in [5, 5.41) is 14.6. The number of nitrogens with zero attached hydrogens (tertiary/aromatic N) is 2. The Morgan fingerprint density at radius 1 is 0.932 bits per heavy atom. The van der Waals surface area contributed by atoms with Crippen LogP contribution in [0.3, 0.4) is 0 Å². The number of para-hydroxylation sites is 1. The Bertz CT molecular complexity index is 1680. The van der Waals surface area contributed by atoms with E-state index in [-0.39, 0.29) is 30.0 Å². The lowest BCUT2D eigenvalue weighted by Gasteiger charge is -2.35. The van der Waals surface area contributed by atoms with Gasteiger partial charge in [-0.25, -0.2) is 14.4 Å². The van der Waals surface area contributed by atoms with Crippen molar-refractivity contribution in [2.75, 3.05) is 18.6 Å². The average molecular weight is 598 g/mol. The molecule has 0 saturated heterocycles. The maximum Gasteiger partial charge on any atom is 0.414 e. The molecule has 2 atom stereocenters. The fraction of sp³-hybridized carbons (Fsp3) is 0.242. The van der Waals surface area contributed by atoms with Gasteiger partial charge in [0.2, 0.25) is 0 Å². The maximum atomic E-state index is 14.0. The van der Waals surface area contributed by atoms with Crippen LogP contribution in [0.15, 0.2) is 101 Å². The molecule has 44 heavy (non-hydrogen) atoms. The molecule has 3 aromatic carbocycles. The zero-order valence-corrected chi connectivity index (χ0v) is 24.4. The van der Waals surface area contributed by atoms with Crippen molar-refractivity contribution in [1.82, 2.24) is 5.32 Å². The quantitative estimate of drug-likeness (QED) is 0.154. The number of benzene rings is 3.